The summed E-state index contributed by atoms with van der Waals surface area (Å²) in [5, 5.41) is 11.5. The molecule has 17 heavy (non-hydrogen) atoms. The monoisotopic (exact) mass is 238 g/mol. The molecule has 1 aromatic rings. The summed E-state index contributed by atoms with van der Waals surface area (Å²) in [6.07, 6.45) is 3.23. The van der Waals surface area contributed by atoms with Crippen LogP contribution in [0, 0.1) is 0 Å². The van der Waals surface area contributed by atoms with Crippen molar-refractivity contribution in [1.29, 1.82) is 0 Å². The van der Waals surface area contributed by atoms with E-state index in [0.717, 1.165) is 44.4 Å². The van der Waals surface area contributed by atoms with Crippen molar-refractivity contribution in [2.24, 2.45) is 0 Å². The predicted molar refractivity (Wildman–Crippen MR) is 65.7 cm³/mol. The zero-order valence-corrected chi connectivity index (χ0v) is 10.8. The van der Waals surface area contributed by atoms with Crippen LogP contribution in [-0.2, 0) is 13.0 Å². The molecule has 5 heteroatoms. The van der Waals surface area contributed by atoms with E-state index < -0.39 is 0 Å². The Bertz CT molecular complexity index is 333. The third-order valence-corrected chi connectivity index (χ3v) is 3.38. The van der Waals surface area contributed by atoms with Crippen LogP contribution in [0.4, 0.5) is 0 Å². The summed E-state index contributed by atoms with van der Waals surface area (Å²) in [6, 6.07) is 0.651. The highest BCUT2D eigenvalue weighted by atomic mass is 16.4. The lowest BCUT2D eigenvalue weighted by molar-refractivity contribution is 0.148. The zero-order valence-electron chi connectivity index (χ0n) is 10.8. The first-order chi connectivity index (χ1) is 8.33. The third kappa shape index (κ3) is 3.26. The second-order valence-electron chi connectivity index (χ2n) is 4.49. The summed E-state index contributed by atoms with van der Waals surface area (Å²) in [5.41, 5.74) is 0. The van der Waals surface area contributed by atoms with Crippen LogP contribution in [0.5, 0.6) is 0 Å². The van der Waals surface area contributed by atoms with E-state index in [9.17, 15) is 0 Å². The number of nitrogens with zero attached hydrogens (tertiary/aromatic N) is 3. The Morgan fingerprint density at radius 2 is 1.94 bits per heavy atom. The van der Waals surface area contributed by atoms with Crippen LogP contribution in [0.25, 0.3) is 0 Å². The van der Waals surface area contributed by atoms with Gasteiger partial charge in [0.1, 0.15) is 0 Å². The van der Waals surface area contributed by atoms with Gasteiger partial charge in [-0.3, -0.25) is 4.90 Å². The maximum atomic E-state index is 5.58. The van der Waals surface area contributed by atoms with Gasteiger partial charge >= 0.3 is 0 Å². The van der Waals surface area contributed by atoms with Gasteiger partial charge in [0.05, 0.1) is 6.54 Å². The fraction of sp³-hybridized carbons (Fsp3) is 0.833. The first kappa shape index (κ1) is 12.5. The molecule has 2 rings (SSSR count). The van der Waals surface area contributed by atoms with Crippen molar-refractivity contribution in [3.8, 4) is 0 Å². The minimum absolute atomic E-state index is 0.651. The molecular formula is C12H22N4O. The summed E-state index contributed by atoms with van der Waals surface area (Å²) in [5.74, 6) is 1.49. The molecule has 0 aromatic carbocycles. The fourth-order valence-electron chi connectivity index (χ4n) is 2.34. The Kier molecular flexibility index (Phi) is 4.50. The van der Waals surface area contributed by atoms with E-state index in [1.54, 1.807) is 0 Å². The standard InChI is InChI=1S/C12H22N4O/c1-3-11-14-15-12(17-11)9-16(4-2)10-5-7-13-8-6-10/h10,13H,3-9H2,1-2H3. The molecule has 1 aliphatic heterocycles. The van der Waals surface area contributed by atoms with E-state index in [-0.39, 0.29) is 0 Å². The molecule has 0 saturated carbocycles. The van der Waals surface area contributed by atoms with Crippen molar-refractivity contribution in [1.82, 2.24) is 20.4 Å². The van der Waals surface area contributed by atoms with Gasteiger partial charge < -0.3 is 9.73 Å². The number of nitrogens with one attached hydrogen (secondary N) is 1. The van der Waals surface area contributed by atoms with Gasteiger partial charge in [-0.1, -0.05) is 13.8 Å². The molecule has 96 valence electrons. The number of hydrogen-bond acceptors (Lipinski definition) is 5. The van der Waals surface area contributed by atoms with Crippen molar-refractivity contribution in [2.45, 2.75) is 45.7 Å². The van der Waals surface area contributed by atoms with Gasteiger partial charge in [0.15, 0.2) is 0 Å². The van der Waals surface area contributed by atoms with Gasteiger partial charge in [0.25, 0.3) is 0 Å². The molecular weight excluding hydrogens is 216 g/mol. The molecule has 1 aromatic heterocycles. The highest BCUT2D eigenvalue weighted by Gasteiger charge is 2.21. The largest absolute Gasteiger partial charge is 0.424 e. The van der Waals surface area contributed by atoms with Crippen molar-refractivity contribution in [3.05, 3.63) is 11.8 Å². The van der Waals surface area contributed by atoms with E-state index in [1.807, 2.05) is 6.92 Å². The number of hydrogen-bond donors (Lipinski definition) is 1. The Balaban J connectivity index is 1.93. The highest BCUT2D eigenvalue weighted by Crippen LogP contribution is 2.14. The summed E-state index contributed by atoms with van der Waals surface area (Å²) in [4.78, 5) is 2.44. The maximum absolute atomic E-state index is 5.58. The normalized spacial score (nSPS) is 17.8. The lowest BCUT2D eigenvalue weighted by atomic mass is 10.0. The number of rotatable bonds is 5. The summed E-state index contributed by atoms with van der Waals surface area (Å²) >= 11 is 0. The SMILES string of the molecule is CCc1nnc(CN(CC)C2CCNCC2)o1. The second kappa shape index (κ2) is 6.12. The molecule has 0 aliphatic carbocycles. The van der Waals surface area contributed by atoms with Gasteiger partial charge in [0.2, 0.25) is 11.8 Å². The van der Waals surface area contributed by atoms with Gasteiger partial charge in [-0.25, -0.2) is 0 Å². The first-order valence-electron chi connectivity index (χ1n) is 6.59. The van der Waals surface area contributed by atoms with E-state index in [4.69, 9.17) is 4.42 Å². The quantitative estimate of drug-likeness (QED) is 0.835. The van der Waals surface area contributed by atoms with E-state index in [2.05, 4.69) is 27.3 Å². The zero-order chi connectivity index (χ0) is 12.1. The Hall–Kier alpha value is -0.940. The highest BCUT2D eigenvalue weighted by molar-refractivity contribution is 4.84. The molecule has 1 N–H and O–H groups in total. The lowest BCUT2D eigenvalue weighted by Gasteiger charge is -2.32. The molecule has 0 spiro atoms. The molecule has 0 amide bonds. The van der Waals surface area contributed by atoms with Crippen molar-refractivity contribution < 1.29 is 4.42 Å². The fourth-order valence-corrected chi connectivity index (χ4v) is 2.34. The summed E-state index contributed by atoms with van der Waals surface area (Å²) < 4.78 is 5.58. The number of aryl methyl sites for hydroxylation is 1. The molecule has 0 unspecified atom stereocenters. The first-order valence-corrected chi connectivity index (χ1v) is 6.59. The Labute approximate surface area is 103 Å². The van der Waals surface area contributed by atoms with Crippen LogP contribution < -0.4 is 5.32 Å². The molecule has 0 radical (unpaired) electrons. The van der Waals surface area contributed by atoms with Crippen molar-refractivity contribution >= 4 is 0 Å². The van der Waals surface area contributed by atoms with Crippen LogP contribution >= 0.6 is 0 Å². The van der Waals surface area contributed by atoms with Gasteiger partial charge in [0, 0.05) is 12.5 Å². The van der Waals surface area contributed by atoms with Crippen LogP contribution in [0.1, 0.15) is 38.5 Å². The average Bonchev–Trinajstić information content (AvgIpc) is 2.84. The van der Waals surface area contributed by atoms with E-state index in [0.29, 0.717) is 6.04 Å². The maximum Gasteiger partial charge on any atom is 0.230 e. The number of aromatic nitrogens is 2. The lowest BCUT2D eigenvalue weighted by Crippen LogP contribution is -2.42. The molecule has 1 saturated heterocycles. The topological polar surface area (TPSA) is 54.2 Å². The summed E-state index contributed by atoms with van der Waals surface area (Å²) in [7, 11) is 0. The van der Waals surface area contributed by atoms with Crippen molar-refractivity contribution in [2.75, 3.05) is 19.6 Å². The minimum Gasteiger partial charge on any atom is -0.424 e. The third-order valence-electron chi connectivity index (χ3n) is 3.38. The molecule has 5 nitrogen and oxygen atoms in total. The summed E-state index contributed by atoms with van der Waals surface area (Å²) in [6.45, 7) is 8.28. The van der Waals surface area contributed by atoms with Crippen LogP contribution in [0.15, 0.2) is 4.42 Å². The molecule has 0 atom stereocenters. The minimum atomic E-state index is 0.651. The Morgan fingerprint density at radius 1 is 1.24 bits per heavy atom. The van der Waals surface area contributed by atoms with Crippen molar-refractivity contribution in [3.63, 3.8) is 0 Å². The predicted octanol–water partition coefficient (Wildman–Crippen LogP) is 1.21. The number of piperidine rings is 1. The van der Waals surface area contributed by atoms with Gasteiger partial charge in [-0.15, -0.1) is 10.2 Å². The van der Waals surface area contributed by atoms with Gasteiger partial charge in [-0.05, 0) is 32.5 Å². The average molecular weight is 238 g/mol. The molecule has 1 aliphatic rings. The molecule has 0 bridgehead atoms. The molecule has 2 heterocycles. The van der Waals surface area contributed by atoms with Crippen LogP contribution in [0.2, 0.25) is 0 Å². The van der Waals surface area contributed by atoms with Crippen LogP contribution in [-0.4, -0.2) is 40.8 Å². The smallest absolute Gasteiger partial charge is 0.230 e. The Morgan fingerprint density at radius 3 is 2.53 bits per heavy atom. The van der Waals surface area contributed by atoms with E-state index in [1.165, 1.54) is 12.8 Å². The van der Waals surface area contributed by atoms with Crippen LogP contribution in [0.3, 0.4) is 0 Å². The second-order valence-corrected chi connectivity index (χ2v) is 4.49. The molecule has 1 fully saturated rings. The van der Waals surface area contributed by atoms with E-state index >= 15 is 0 Å². The van der Waals surface area contributed by atoms with Gasteiger partial charge in [-0.2, -0.15) is 0 Å².